The zero-order chi connectivity index (χ0) is 10.1. The summed E-state index contributed by atoms with van der Waals surface area (Å²) < 4.78 is 5.02. The molecule has 1 aliphatic rings. The monoisotopic (exact) mass is 199 g/mol. The molecule has 4 nitrogen and oxygen atoms in total. The third-order valence-corrected chi connectivity index (χ3v) is 2.38. The number of aromatic nitrogens is 2. The van der Waals surface area contributed by atoms with Crippen molar-refractivity contribution in [3.05, 3.63) is 42.6 Å². The number of hydrogen-bond acceptors (Lipinski definition) is 4. The maximum absolute atomic E-state index is 5.02. The van der Waals surface area contributed by atoms with Gasteiger partial charge in [-0.25, -0.2) is 0 Å². The lowest BCUT2D eigenvalue weighted by Gasteiger charge is -2.20. The van der Waals surface area contributed by atoms with Crippen LogP contribution in [0.1, 0.15) is 0 Å². The van der Waals surface area contributed by atoms with Crippen LogP contribution in [-0.4, -0.2) is 16.9 Å². The number of rotatable bonds is 1. The Labute approximate surface area is 86.5 Å². The number of anilines is 1. The second-order valence-corrected chi connectivity index (χ2v) is 3.32. The summed E-state index contributed by atoms with van der Waals surface area (Å²) in [4.78, 5) is 2.10. The molecule has 0 spiro atoms. The Balaban J connectivity index is 2.13. The predicted octanol–water partition coefficient (Wildman–Crippen LogP) is 2.11. The molecule has 74 valence electrons. The molecule has 0 radical (unpaired) electrons. The van der Waals surface area contributed by atoms with Crippen LogP contribution in [-0.2, 0) is 0 Å². The van der Waals surface area contributed by atoms with Gasteiger partial charge in [0.2, 0.25) is 0 Å². The van der Waals surface area contributed by atoms with Crippen LogP contribution < -0.4 is 4.90 Å². The van der Waals surface area contributed by atoms with E-state index in [1.165, 1.54) is 0 Å². The summed E-state index contributed by atoms with van der Waals surface area (Å²) in [7, 11) is 0. The van der Waals surface area contributed by atoms with Gasteiger partial charge in [-0.05, 0) is 18.2 Å². The second-order valence-electron chi connectivity index (χ2n) is 3.32. The molecule has 0 saturated heterocycles. The molecular weight excluding hydrogens is 190 g/mol. The van der Waals surface area contributed by atoms with Crippen molar-refractivity contribution in [2.45, 2.75) is 0 Å². The van der Waals surface area contributed by atoms with Gasteiger partial charge in [-0.3, -0.25) is 0 Å². The molecule has 0 amide bonds. The predicted molar refractivity (Wildman–Crippen MR) is 57.4 cm³/mol. The zero-order valence-corrected chi connectivity index (χ0v) is 8.00. The van der Waals surface area contributed by atoms with Crippen molar-refractivity contribution in [1.29, 1.82) is 0 Å². The summed E-state index contributed by atoms with van der Waals surface area (Å²) in [6, 6.07) is 5.81. The minimum absolute atomic E-state index is 0.718. The van der Waals surface area contributed by atoms with E-state index >= 15 is 0 Å². The molecule has 0 aliphatic carbocycles. The van der Waals surface area contributed by atoms with Crippen LogP contribution >= 0.6 is 0 Å². The Morgan fingerprint density at radius 2 is 2.27 bits per heavy atom. The molecule has 2 heterocycles. The van der Waals surface area contributed by atoms with E-state index in [0.29, 0.717) is 0 Å². The average Bonchev–Trinajstić information content (AvgIpc) is 2.78. The second kappa shape index (κ2) is 3.24. The molecule has 0 saturated carbocycles. The number of fused-ring (bicyclic) bond motifs is 1. The molecule has 1 aromatic carbocycles. The summed E-state index contributed by atoms with van der Waals surface area (Å²) in [5.41, 5.74) is 2.54. The minimum atomic E-state index is 0.718. The molecule has 1 aliphatic heterocycles. The Hall–Kier alpha value is -2.10. The van der Waals surface area contributed by atoms with E-state index in [1.807, 2.05) is 36.6 Å². The zero-order valence-electron chi connectivity index (χ0n) is 8.00. The third kappa shape index (κ3) is 1.30. The van der Waals surface area contributed by atoms with Crippen molar-refractivity contribution in [2.24, 2.45) is 0 Å². The fourth-order valence-electron chi connectivity index (χ4n) is 1.67. The van der Waals surface area contributed by atoms with E-state index in [0.717, 1.165) is 23.3 Å². The van der Waals surface area contributed by atoms with E-state index in [-0.39, 0.29) is 0 Å². The van der Waals surface area contributed by atoms with Gasteiger partial charge in [0, 0.05) is 18.0 Å². The fourth-order valence-corrected chi connectivity index (χ4v) is 1.67. The van der Waals surface area contributed by atoms with Crippen molar-refractivity contribution in [2.75, 3.05) is 11.4 Å². The average molecular weight is 199 g/mol. The summed E-state index contributed by atoms with van der Waals surface area (Å²) in [5.74, 6) is 0. The van der Waals surface area contributed by atoms with Crippen molar-refractivity contribution in [3.63, 3.8) is 0 Å². The first-order valence-electron chi connectivity index (χ1n) is 4.76. The summed E-state index contributed by atoms with van der Waals surface area (Å²) in [6.45, 7) is 0.850. The van der Waals surface area contributed by atoms with Crippen molar-refractivity contribution < 1.29 is 4.52 Å². The number of hydrogen-bond donors (Lipinski definition) is 0. The Morgan fingerprint density at radius 3 is 3.13 bits per heavy atom. The molecule has 2 aromatic rings. The summed E-state index contributed by atoms with van der Waals surface area (Å²) >= 11 is 0. The Kier molecular flexibility index (Phi) is 1.78. The smallest absolute Gasteiger partial charge is 0.189 e. The van der Waals surface area contributed by atoms with Crippen LogP contribution in [0.5, 0.6) is 0 Å². The fraction of sp³-hybridized carbons (Fsp3) is 0.0909. The van der Waals surface area contributed by atoms with E-state index in [1.54, 1.807) is 0 Å². The molecular formula is C11H9N3O. The minimum Gasteiger partial charge on any atom is -0.342 e. The first-order chi connectivity index (χ1) is 7.45. The largest absolute Gasteiger partial charge is 0.342 e. The topological polar surface area (TPSA) is 42.2 Å². The van der Waals surface area contributed by atoms with Gasteiger partial charge in [-0.2, -0.15) is 0 Å². The van der Waals surface area contributed by atoms with Gasteiger partial charge in [-0.15, -0.1) is 5.10 Å². The lowest BCUT2D eigenvalue weighted by molar-refractivity contribution is 0.424. The van der Waals surface area contributed by atoms with Crippen molar-refractivity contribution in [3.8, 4) is 0 Å². The van der Waals surface area contributed by atoms with Gasteiger partial charge in [0.05, 0.1) is 5.69 Å². The number of nitrogens with zero attached hydrogens (tertiary/aromatic N) is 3. The van der Waals surface area contributed by atoms with Gasteiger partial charge in [0.15, 0.2) is 11.1 Å². The molecule has 1 aromatic heterocycles. The highest BCUT2D eigenvalue weighted by molar-refractivity contribution is 5.87. The van der Waals surface area contributed by atoms with Crippen LogP contribution in [0.2, 0.25) is 0 Å². The van der Waals surface area contributed by atoms with Crippen molar-refractivity contribution >= 4 is 16.8 Å². The molecule has 3 rings (SSSR count). The summed E-state index contributed by atoms with van der Waals surface area (Å²) in [5, 5.41) is 7.54. The van der Waals surface area contributed by atoms with E-state index < -0.39 is 0 Å². The third-order valence-electron chi connectivity index (χ3n) is 2.38. The standard InChI is InChI=1S/C11H9N3O/c1-2-7-14(8-3-1)9-5-4-6-10-11(9)12-13-15-10/h1-7H,8H2. The quantitative estimate of drug-likeness (QED) is 0.705. The lowest BCUT2D eigenvalue weighted by atomic mass is 10.2. The molecule has 15 heavy (non-hydrogen) atoms. The highest BCUT2D eigenvalue weighted by atomic mass is 16.5. The molecule has 0 bridgehead atoms. The van der Waals surface area contributed by atoms with Crippen LogP contribution in [0.3, 0.4) is 0 Å². The van der Waals surface area contributed by atoms with Gasteiger partial charge in [0.25, 0.3) is 0 Å². The molecule has 0 fully saturated rings. The van der Waals surface area contributed by atoms with Crippen LogP contribution in [0.4, 0.5) is 5.69 Å². The van der Waals surface area contributed by atoms with E-state index in [9.17, 15) is 0 Å². The van der Waals surface area contributed by atoms with Crippen molar-refractivity contribution in [1.82, 2.24) is 10.4 Å². The lowest BCUT2D eigenvalue weighted by Crippen LogP contribution is -2.17. The normalized spacial score (nSPS) is 15.1. The van der Waals surface area contributed by atoms with E-state index in [4.69, 9.17) is 4.52 Å². The Morgan fingerprint density at radius 1 is 1.27 bits per heavy atom. The molecule has 0 N–H and O–H groups in total. The molecule has 4 heteroatoms. The first kappa shape index (κ1) is 8.23. The van der Waals surface area contributed by atoms with Crippen LogP contribution in [0, 0.1) is 0 Å². The Bertz CT molecular complexity index is 542. The summed E-state index contributed by atoms with van der Waals surface area (Å²) in [6.07, 6.45) is 8.13. The van der Waals surface area contributed by atoms with Gasteiger partial charge in [-0.1, -0.05) is 18.2 Å². The number of allylic oxidation sites excluding steroid dienone is 2. The SMILES string of the molecule is C1=CCN(c2cccc3onnc23)C=C1. The van der Waals surface area contributed by atoms with Crippen LogP contribution in [0.25, 0.3) is 11.1 Å². The number of benzene rings is 1. The molecule has 0 atom stereocenters. The highest BCUT2D eigenvalue weighted by Crippen LogP contribution is 2.25. The highest BCUT2D eigenvalue weighted by Gasteiger charge is 2.11. The van der Waals surface area contributed by atoms with Gasteiger partial charge >= 0.3 is 0 Å². The molecule has 0 unspecified atom stereocenters. The maximum Gasteiger partial charge on any atom is 0.189 e. The maximum atomic E-state index is 5.02. The van der Waals surface area contributed by atoms with Crippen LogP contribution in [0.15, 0.2) is 47.2 Å². The van der Waals surface area contributed by atoms with Gasteiger partial charge < -0.3 is 9.42 Å². The first-order valence-corrected chi connectivity index (χ1v) is 4.76. The van der Waals surface area contributed by atoms with E-state index in [2.05, 4.69) is 21.3 Å². The van der Waals surface area contributed by atoms with Gasteiger partial charge in [0.1, 0.15) is 0 Å².